The summed E-state index contributed by atoms with van der Waals surface area (Å²) in [5.74, 6) is 1.51. The monoisotopic (exact) mass is 501 g/mol. The van der Waals surface area contributed by atoms with Crippen LogP contribution >= 0.6 is 0 Å². The van der Waals surface area contributed by atoms with Crippen LogP contribution < -0.4 is 4.74 Å². The van der Waals surface area contributed by atoms with Gasteiger partial charge in [0.2, 0.25) is 35.3 Å². The fraction of sp³-hybridized carbons (Fsp3) is 0.600. The Balaban J connectivity index is 2.07. The largest absolute Gasteiger partial charge is 0.483 e. The number of carbonyl (C=O) groups excluding carboxylic acids is 1. The Hall–Kier alpha value is -3.50. The van der Waals surface area contributed by atoms with Gasteiger partial charge < -0.3 is 23.7 Å². The number of ketones is 1. The summed E-state index contributed by atoms with van der Waals surface area (Å²) in [4.78, 5) is 36.6. The van der Waals surface area contributed by atoms with E-state index in [4.69, 9.17) is 33.7 Å². The third-order valence-electron chi connectivity index (χ3n) is 5.97. The van der Waals surface area contributed by atoms with Crippen LogP contribution in [0.2, 0.25) is 0 Å². The first-order chi connectivity index (χ1) is 17.2. The molecule has 1 aromatic rings. The molecule has 11 heteroatoms. The molecule has 0 saturated heterocycles. The Bertz CT molecular complexity index is 1090. The molecule has 3 heterocycles. The number of aliphatic imine (C=N–C) groups is 4. The van der Waals surface area contributed by atoms with E-state index in [1.165, 1.54) is 28.4 Å². The highest BCUT2D eigenvalue weighted by molar-refractivity contribution is 6.15. The number of carbonyl (C=O) groups is 1. The van der Waals surface area contributed by atoms with Crippen molar-refractivity contribution in [1.29, 1.82) is 0 Å². The lowest BCUT2D eigenvalue weighted by atomic mass is 9.98. The van der Waals surface area contributed by atoms with E-state index in [0.717, 1.165) is 0 Å². The van der Waals surface area contributed by atoms with Crippen LogP contribution in [0, 0.1) is 11.8 Å². The van der Waals surface area contributed by atoms with Gasteiger partial charge in [-0.2, -0.15) is 0 Å². The summed E-state index contributed by atoms with van der Waals surface area (Å²) in [6, 6.07) is 1.00. The molecule has 0 radical (unpaired) electrons. The Morgan fingerprint density at radius 2 is 1.22 bits per heavy atom. The highest BCUT2D eigenvalue weighted by atomic mass is 16.5. The molecular weight excluding hydrogens is 466 g/mol. The van der Waals surface area contributed by atoms with E-state index < -0.39 is 17.9 Å². The van der Waals surface area contributed by atoms with Gasteiger partial charge in [0.05, 0.1) is 35.5 Å². The van der Waals surface area contributed by atoms with E-state index >= 15 is 0 Å². The van der Waals surface area contributed by atoms with Crippen molar-refractivity contribution in [2.24, 2.45) is 31.8 Å². The maximum atomic E-state index is 13.7. The van der Waals surface area contributed by atoms with E-state index in [9.17, 15) is 4.79 Å². The van der Waals surface area contributed by atoms with Gasteiger partial charge >= 0.3 is 0 Å². The maximum Gasteiger partial charge on any atom is 0.217 e. The molecule has 0 fully saturated rings. The highest BCUT2D eigenvalue weighted by Gasteiger charge is 2.37. The number of methoxy groups -OCH3 is 5. The van der Waals surface area contributed by atoms with Crippen LogP contribution in [-0.4, -0.2) is 88.0 Å². The normalized spacial score (nSPS) is 23.9. The number of nitrogens with zero attached hydrogens (tertiary/aromatic N) is 5. The molecule has 2 aliphatic heterocycles. The fourth-order valence-electron chi connectivity index (χ4n) is 4.03. The first kappa shape index (κ1) is 27.1. The van der Waals surface area contributed by atoms with Crippen molar-refractivity contribution in [3.63, 3.8) is 0 Å². The van der Waals surface area contributed by atoms with Gasteiger partial charge in [0.1, 0.15) is 17.8 Å². The van der Waals surface area contributed by atoms with Crippen molar-refractivity contribution >= 4 is 29.4 Å². The SMILES string of the molecule is COC1=N[C@H](C(C)C)C(OC)=N[C@H]1C(=O)c1cc([C@@H]2N=C(OC)[C@@H](C(C)C)N=C2OC)cc(OC)n1. The fourth-order valence-corrected chi connectivity index (χ4v) is 4.03. The quantitative estimate of drug-likeness (QED) is 0.549. The molecule has 0 aliphatic carbocycles. The van der Waals surface area contributed by atoms with Gasteiger partial charge in [0.25, 0.3) is 0 Å². The van der Waals surface area contributed by atoms with E-state index in [2.05, 4.69) is 15.0 Å². The van der Waals surface area contributed by atoms with Gasteiger partial charge in [-0.1, -0.05) is 27.7 Å². The molecule has 0 N–H and O–H groups in total. The number of hydrogen-bond acceptors (Lipinski definition) is 11. The molecule has 11 nitrogen and oxygen atoms in total. The van der Waals surface area contributed by atoms with Gasteiger partial charge in [-0.05, 0) is 23.5 Å². The number of pyridine rings is 1. The van der Waals surface area contributed by atoms with Crippen molar-refractivity contribution in [2.45, 2.75) is 51.9 Å². The molecule has 0 amide bonds. The average molecular weight is 502 g/mol. The second kappa shape index (κ2) is 11.5. The summed E-state index contributed by atoms with van der Waals surface area (Å²) in [5, 5.41) is 0. The topological polar surface area (TPSA) is 126 Å². The van der Waals surface area contributed by atoms with Crippen molar-refractivity contribution < 1.29 is 28.5 Å². The Morgan fingerprint density at radius 3 is 1.72 bits per heavy atom. The minimum Gasteiger partial charge on any atom is -0.483 e. The van der Waals surface area contributed by atoms with Crippen molar-refractivity contribution in [2.75, 3.05) is 35.5 Å². The first-order valence-corrected chi connectivity index (χ1v) is 11.8. The second-order valence-corrected chi connectivity index (χ2v) is 9.06. The minimum atomic E-state index is -1.04. The Kier molecular flexibility index (Phi) is 8.65. The third-order valence-corrected chi connectivity index (χ3v) is 5.97. The summed E-state index contributed by atoms with van der Waals surface area (Å²) >= 11 is 0. The lowest BCUT2D eigenvalue weighted by Crippen LogP contribution is -2.41. The van der Waals surface area contributed by atoms with Crippen LogP contribution in [0.1, 0.15) is 49.8 Å². The van der Waals surface area contributed by atoms with Crippen molar-refractivity contribution in [3.05, 3.63) is 23.4 Å². The number of rotatable bonds is 6. The van der Waals surface area contributed by atoms with E-state index in [1.54, 1.807) is 19.2 Å². The molecule has 0 unspecified atom stereocenters. The van der Waals surface area contributed by atoms with E-state index in [1.807, 2.05) is 27.7 Å². The van der Waals surface area contributed by atoms with Crippen LogP contribution in [0.4, 0.5) is 0 Å². The molecule has 196 valence electrons. The Labute approximate surface area is 211 Å². The molecule has 2 aliphatic rings. The molecule has 1 aromatic heterocycles. The van der Waals surface area contributed by atoms with Gasteiger partial charge in [0.15, 0.2) is 12.1 Å². The van der Waals surface area contributed by atoms with Crippen LogP contribution in [0.5, 0.6) is 5.88 Å². The van der Waals surface area contributed by atoms with Crippen LogP contribution in [0.15, 0.2) is 32.1 Å². The predicted molar refractivity (Wildman–Crippen MR) is 137 cm³/mol. The summed E-state index contributed by atoms with van der Waals surface area (Å²) in [6.07, 6.45) is 0. The number of ether oxygens (including phenoxy) is 5. The molecule has 0 aromatic carbocycles. The van der Waals surface area contributed by atoms with Gasteiger partial charge in [0, 0.05) is 6.07 Å². The lowest BCUT2D eigenvalue weighted by molar-refractivity contribution is 0.0968. The minimum absolute atomic E-state index is 0.104. The molecule has 0 saturated carbocycles. The summed E-state index contributed by atoms with van der Waals surface area (Å²) in [5.41, 5.74) is 0.710. The number of Topliss-reactive ketones (excluding diaryl/α,β-unsaturated/α-hetero) is 1. The third kappa shape index (κ3) is 5.34. The van der Waals surface area contributed by atoms with E-state index in [-0.39, 0.29) is 41.4 Å². The first-order valence-electron chi connectivity index (χ1n) is 11.8. The van der Waals surface area contributed by atoms with Crippen molar-refractivity contribution in [1.82, 2.24) is 4.98 Å². The smallest absolute Gasteiger partial charge is 0.217 e. The van der Waals surface area contributed by atoms with Crippen LogP contribution in [-0.2, 0) is 18.9 Å². The molecule has 3 rings (SSSR count). The molecule has 0 spiro atoms. The zero-order valence-corrected chi connectivity index (χ0v) is 22.3. The molecule has 4 atom stereocenters. The highest BCUT2D eigenvalue weighted by Crippen LogP contribution is 2.30. The van der Waals surface area contributed by atoms with Gasteiger partial charge in [-0.25, -0.2) is 25.0 Å². The van der Waals surface area contributed by atoms with Crippen LogP contribution in [0.3, 0.4) is 0 Å². The van der Waals surface area contributed by atoms with Crippen LogP contribution in [0.25, 0.3) is 0 Å². The van der Waals surface area contributed by atoms with Gasteiger partial charge in [-0.3, -0.25) is 4.79 Å². The summed E-state index contributed by atoms with van der Waals surface area (Å²) in [7, 11) is 7.54. The number of aromatic nitrogens is 1. The van der Waals surface area contributed by atoms with Gasteiger partial charge in [-0.15, -0.1) is 0 Å². The Morgan fingerprint density at radius 1 is 0.694 bits per heavy atom. The maximum absolute atomic E-state index is 13.7. The van der Waals surface area contributed by atoms with Crippen molar-refractivity contribution in [3.8, 4) is 5.88 Å². The standard InChI is InChI=1S/C25H35N5O6/c1-12(2)17-22(33-6)29-19(24(27-17)35-8)14-10-15(26-16(11-14)32-5)21(31)20-25(36-9)28-18(13(3)4)23(30-20)34-7/h10-13,17-20H,1-9H3/t17-,18-,19+,20+/m1/s1. The average Bonchev–Trinajstić information content (AvgIpc) is 2.90. The molecule has 36 heavy (non-hydrogen) atoms. The predicted octanol–water partition coefficient (Wildman–Crippen LogP) is 2.94. The molecule has 0 bridgehead atoms. The summed E-state index contributed by atoms with van der Waals surface area (Å²) in [6.45, 7) is 8.04. The number of hydrogen-bond donors (Lipinski definition) is 0. The zero-order chi connectivity index (χ0) is 26.6. The van der Waals surface area contributed by atoms with E-state index in [0.29, 0.717) is 23.3 Å². The zero-order valence-electron chi connectivity index (χ0n) is 22.3. The molecular formula is C25H35N5O6. The summed E-state index contributed by atoms with van der Waals surface area (Å²) < 4.78 is 27.4. The second-order valence-electron chi connectivity index (χ2n) is 9.06. The lowest BCUT2D eigenvalue weighted by Gasteiger charge is -2.28.